The summed E-state index contributed by atoms with van der Waals surface area (Å²) < 4.78 is 32.1. The summed E-state index contributed by atoms with van der Waals surface area (Å²) in [5, 5.41) is 2.99. The van der Waals surface area contributed by atoms with Crippen molar-refractivity contribution in [3.63, 3.8) is 0 Å². The van der Waals surface area contributed by atoms with E-state index in [1.807, 2.05) is 6.92 Å². The van der Waals surface area contributed by atoms with Crippen molar-refractivity contribution in [1.29, 1.82) is 0 Å². The zero-order valence-electron chi connectivity index (χ0n) is 10.0. The summed E-state index contributed by atoms with van der Waals surface area (Å²) in [4.78, 5) is 0. The molecule has 0 fully saturated rings. The highest BCUT2D eigenvalue weighted by Gasteiger charge is 2.18. The number of halogens is 2. The van der Waals surface area contributed by atoms with Crippen LogP contribution >= 0.6 is 0 Å². The third-order valence-corrected chi connectivity index (χ3v) is 2.64. The van der Waals surface area contributed by atoms with E-state index in [0.29, 0.717) is 6.54 Å². The minimum Gasteiger partial charge on any atom is -0.380 e. The third-order valence-electron chi connectivity index (χ3n) is 2.64. The molecule has 0 bridgehead atoms. The molecule has 0 amide bonds. The van der Waals surface area contributed by atoms with Crippen molar-refractivity contribution in [3.05, 3.63) is 35.4 Å². The van der Waals surface area contributed by atoms with E-state index in [9.17, 15) is 8.78 Å². The van der Waals surface area contributed by atoms with E-state index in [2.05, 4.69) is 5.32 Å². The van der Waals surface area contributed by atoms with Crippen LogP contribution in [0, 0.1) is 11.6 Å². The molecule has 0 radical (unpaired) electrons. The number of nitrogens with one attached hydrogen (secondary N) is 1. The van der Waals surface area contributed by atoms with Gasteiger partial charge in [-0.2, -0.15) is 0 Å². The van der Waals surface area contributed by atoms with E-state index in [-0.39, 0.29) is 18.2 Å². The standard InChI is InChI=1S/C12H18F2N2O/c1-8(17-2)7-16-11(6-15)12-9(13)4-3-5-10(12)14/h3-5,8,11,16H,6-7,15H2,1-2H3. The number of methoxy groups -OCH3 is 1. The maximum Gasteiger partial charge on any atom is 0.130 e. The lowest BCUT2D eigenvalue weighted by Crippen LogP contribution is -2.35. The van der Waals surface area contributed by atoms with Gasteiger partial charge in [-0.05, 0) is 19.1 Å². The van der Waals surface area contributed by atoms with Gasteiger partial charge in [0, 0.05) is 25.8 Å². The summed E-state index contributed by atoms with van der Waals surface area (Å²) in [6, 6.07) is 3.23. The molecule has 17 heavy (non-hydrogen) atoms. The molecule has 0 saturated carbocycles. The Kier molecular flexibility index (Phi) is 5.47. The fourth-order valence-electron chi connectivity index (χ4n) is 1.54. The largest absolute Gasteiger partial charge is 0.380 e. The molecule has 0 aliphatic carbocycles. The SMILES string of the molecule is COC(C)CNC(CN)c1c(F)cccc1F. The highest BCUT2D eigenvalue weighted by molar-refractivity contribution is 5.23. The Hall–Kier alpha value is -1.04. The van der Waals surface area contributed by atoms with Crippen molar-refractivity contribution >= 4 is 0 Å². The van der Waals surface area contributed by atoms with Crippen LogP contribution in [-0.2, 0) is 4.74 Å². The lowest BCUT2D eigenvalue weighted by molar-refractivity contribution is 0.114. The molecule has 0 spiro atoms. The summed E-state index contributed by atoms with van der Waals surface area (Å²) >= 11 is 0. The Bertz CT molecular complexity index is 340. The second-order valence-corrected chi connectivity index (χ2v) is 3.88. The molecule has 5 heteroatoms. The van der Waals surface area contributed by atoms with Crippen LogP contribution in [-0.4, -0.2) is 26.3 Å². The first kappa shape index (κ1) is 14.0. The van der Waals surface area contributed by atoms with Crippen molar-refractivity contribution < 1.29 is 13.5 Å². The van der Waals surface area contributed by atoms with Gasteiger partial charge in [-0.25, -0.2) is 8.78 Å². The first-order valence-electron chi connectivity index (χ1n) is 5.50. The van der Waals surface area contributed by atoms with Gasteiger partial charge in [0.15, 0.2) is 0 Å². The molecular weight excluding hydrogens is 226 g/mol. The van der Waals surface area contributed by atoms with E-state index < -0.39 is 17.7 Å². The Labute approximate surface area is 100.0 Å². The van der Waals surface area contributed by atoms with Crippen molar-refractivity contribution in [1.82, 2.24) is 5.32 Å². The van der Waals surface area contributed by atoms with Crippen LogP contribution in [0.4, 0.5) is 8.78 Å². The highest BCUT2D eigenvalue weighted by atomic mass is 19.1. The van der Waals surface area contributed by atoms with Gasteiger partial charge in [0.2, 0.25) is 0 Å². The number of rotatable bonds is 6. The molecule has 0 heterocycles. The molecule has 0 aliphatic heterocycles. The van der Waals surface area contributed by atoms with E-state index in [1.54, 1.807) is 7.11 Å². The predicted molar refractivity (Wildman–Crippen MR) is 62.6 cm³/mol. The average molecular weight is 244 g/mol. The molecule has 3 nitrogen and oxygen atoms in total. The molecule has 1 aromatic rings. The molecule has 0 aromatic heterocycles. The fourth-order valence-corrected chi connectivity index (χ4v) is 1.54. The molecule has 96 valence electrons. The minimum atomic E-state index is -0.585. The van der Waals surface area contributed by atoms with Gasteiger partial charge in [0.25, 0.3) is 0 Å². The molecule has 0 saturated heterocycles. The summed E-state index contributed by atoms with van der Waals surface area (Å²) in [7, 11) is 1.58. The molecular formula is C12H18F2N2O. The summed E-state index contributed by atoms with van der Waals surface area (Å²) in [5.41, 5.74) is 5.52. The van der Waals surface area contributed by atoms with Crippen molar-refractivity contribution in [2.45, 2.75) is 19.1 Å². The van der Waals surface area contributed by atoms with Crippen molar-refractivity contribution in [2.75, 3.05) is 20.2 Å². The van der Waals surface area contributed by atoms with Crippen LogP contribution in [0.1, 0.15) is 18.5 Å². The fraction of sp³-hybridized carbons (Fsp3) is 0.500. The Morgan fingerprint density at radius 2 is 1.94 bits per heavy atom. The van der Waals surface area contributed by atoms with E-state index in [1.165, 1.54) is 18.2 Å². The van der Waals surface area contributed by atoms with Gasteiger partial charge in [-0.3, -0.25) is 0 Å². The van der Waals surface area contributed by atoms with E-state index in [0.717, 1.165) is 0 Å². The lowest BCUT2D eigenvalue weighted by atomic mass is 10.1. The molecule has 0 aliphatic rings. The maximum atomic E-state index is 13.5. The van der Waals surface area contributed by atoms with E-state index in [4.69, 9.17) is 10.5 Å². The van der Waals surface area contributed by atoms with Crippen LogP contribution in [0.15, 0.2) is 18.2 Å². The van der Waals surface area contributed by atoms with Crippen LogP contribution in [0.2, 0.25) is 0 Å². The normalized spacial score (nSPS) is 14.6. The summed E-state index contributed by atoms with van der Waals surface area (Å²) in [6.07, 6.45) is -0.0427. The predicted octanol–water partition coefficient (Wildman–Crippen LogP) is 1.59. The summed E-state index contributed by atoms with van der Waals surface area (Å²) in [5.74, 6) is -1.17. The summed E-state index contributed by atoms with van der Waals surface area (Å²) in [6.45, 7) is 2.46. The van der Waals surface area contributed by atoms with Gasteiger partial charge < -0.3 is 15.8 Å². The third kappa shape index (κ3) is 3.73. The Balaban J connectivity index is 2.79. The molecule has 3 N–H and O–H groups in total. The highest BCUT2D eigenvalue weighted by Crippen LogP contribution is 2.19. The number of benzene rings is 1. The number of nitrogens with two attached hydrogens (primary N) is 1. The van der Waals surface area contributed by atoms with Crippen LogP contribution in [0.25, 0.3) is 0 Å². The minimum absolute atomic E-state index is 0.0155. The van der Waals surface area contributed by atoms with Crippen molar-refractivity contribution in [3.8, 4) is 0 Å². The first-order valence-corrected chi connectivity index (χ1v) is 5.50. The van der Waals surface area contributed by atoms with Crippen molar-refractivity contribution in [2.24, 2.45) is 5.73 Å². The molecule has 2 atom stereocenters. The van der Waals surface area contributed by atoms with E-state index >= 15 is 0 Å². The smallest absolute Gasteiger partial charge is 0.130 e. The van der Waals surface area contributed by atoms with Gasteiger partial charge in [0.1, 0.15) is 11.6 Å². The topological polar surface area (TPSA) is 47.3 Å². The Morgan fingerprint density at radius 3 is 2.41 bits per heavy atom. The molecule has 2 unspecified atom stereocenters. The van der Waals surface area contributed by atoms with Crippen LogP contribution in [0.3, 0.4) is 0 Å². The number of hydrogen-bond acceptors (Lipinski definition) is 3. The van der Waals surface area contributed by atoms with Gasteiger partial charge >= 0.3 is 0 Å². The zero-order valence-corrected chi connectivity index (χ0v) is 10.0. The average Bonchev–Trinajstić information content (AvgIpc) is 2.32. The zero-order chi connectivity index (χ0) is 12.8. The molecule has 1 aromatic carbocycles. The van der Waals surface area contributed by atoms with Crippen LogP contribution < -0.4 is 11.1 Å². The van der Waals surface area contributed by atoms with Gasteiger partial charge in [-0.15, -0.1) is 0 Å². The van der Waals surface area contributed by atoms with Crippen LogP contribution in [0.5, 0.6) is 0 Å². The van der Waals surface area contributed by atoms with Gasteiger partial charge in [-0.1, -0.05) is 6.07 Å². The monoisotopic (exact) mass is 244 g/mol. The second kappa shape index (κ2) is 6.64. The first-order chi connectivity index (χ1) is 8.10. The maximum absolute atomic E-state index is 13.5. The van der Waals surface area contributed by atoms with Gasteiger partial charge in [0.05, 0.1) is 12.1 Å². The molecule has 1 rings (SSSR count). The number of ether oxygens (including phenoxy) is 1. The second-order valence-electron chi connectivity index (χ2n) is 3.88. The lowest BCUT2D eigenvalue weighted by Gasteiger charge is -2.20. The Morgan fingerprint density at radius 1 is 1.35 bits per heavy atom. The quantitative estimate of drug-likeness (QED) is 0.799. The number of hydrogen-bond donors (Lipinski definition) is 2.